The smallest absolute Gasteiger partial charge is 0.0515 e. The number of hydrogen-bond donors (Lipinski definition) is 0. The van der Waals surface area contributed by atoms with E-state index in [-0.39, 0.29) is 0 Å². The number of piperazine rings is 1. The molecule has 2 unspecified atom stereocenters. The molecule has 8 nitrogen and oxygen atoms in total. The van der Waals surface area contributed by atoms with E-state index in [9.17, 15) is 0 Å². The molecule has 588 valence electrons. The molecule has 0 N–H and O–H groups in total. The first kappa shape index (κ1) is 95.7. The molecule has 1 saturated carbocycles. The first-order valence-electron chi connectivity index (χ1n) is 41.5. The van der Waals surface area contributed by atoms with Crippen LogP contribution in [0.5, 0.6) is 0 Å². The van der Waals surface area contributed by atoms with Gasteiger partial charge in [-0.3, -0.25) is 39.2 Å². The number of piperidine rings is 4. The predicted octanol–water partition coefficient (Wildman–Crippen LogP) is 23.8. The zero-order chi connectivity index (χ0) is 76.9. The molecule has 0 amide bonds. The highest BCUT2D eigenvalue weighted by Gasteiger charge is 2.39. The lowest BCUT2D eigenvalue weighted by Gasteiger charge is -2.47. The summed E-state index contributed by atoms with van der Waals surface area (Å²) in [5, 5.41) is 0. The molecular formula is C90H188N8. The molecule has 0 aromatic rings. The SMILES string of the molecule is CC(C)(C)C1CCC(C(C)(C)C)CC1.CC(C)(C)C1CCCN(C(C)(C)C)C1.CC(C)(C)C1CCCN(C(C)(C)C)C1.CC(C)(C)C1CCN(C(C)(C)C)CC1.CC(C)(C)C1CCN(C(C)(C)C)CC1.CC(C)(C)N1CCCN(C(C)(C)C)C1.CC(C)(C)N1CCN(C(C)(C)C)CC1. The van der Waals surface area contributed by atoms with E-state index in [0.717, 1.165) is 42.2 Å². The van der Waals surface area contributed by atoms with E-state index in [1.807, 2.05) is 0 Å². The lowest BCUT2D eigenvalue weighted by Crippen LogP contribution is -2.57. The zero-order valence-corrected chi connectivity index (χ0v) is 75.8. The Morgan fingerprint density at radius 2 is 0.327 bits per heavy atom. The molecule has 7 rings (SSSR count). The van der Waals surface area contributed by atoms with Gasteiger partial charge < -0.3 is 0 Å². The van der Waals surface area contributed by atoms with E-state index < -0.39 is 0 Å². The third kappa shape index (κ3) is 36.3. The number of nitrogens with zero attached hydrogens (tertiary/aromatic N) is 8. The number of hydrogen-bond acceptors (Lipinski definition) is 8. The number of likely N-dealkylation sites (tertiary alicyclic amines) is 4. The largest absolute Gasteiger partial charge is 0.298 e. The second-order valence-corrected chi connectivity index (χ2v) is 47.2. The molecule has 1 aliphatic carbocycles. The summed E-state index contributed by atoms with van der Waals surface area (Å²) < 4.78 is 0. The lowest BCUT2D eigenvalue weighted by molar-refractivity contribution is -0.0219. The molecule has 8 heteroatoms. The maximum atomic E-state index is 2.65. The third-order valence-corrected chi connectivity index (χ3v) is 25.0. The molecule has 0 aromatic heterocycles. The van der Waals surface area contributed by atoms with Crippen molar-refractivity contribution in [3.8, 4) is 0 Å². The summed E-state index contributed by atoms with van der Waals surface area (Å²) in [6.07, 6.45) is 18.2. The summed E-state index contributed by atoms with van der Waals surface area (Å²) in [5.41, 5.74) is 5.74. The maximum absolute atomic E-state index is 2.65. The van der Waals surface area contributed by atoms with Crippen molar-refractivity contribution in [1.82, 2.24) is 39.2 Å². The van der Waals surface area contributed by atoms with Crippen LogP contribution in [0.1, 0.15) is 374 Å². The van der Waals surface area contributed by atoms with Gasteiger partial charge in [-0.05, 0) is 357 Å². The van der Waals surface area contributed by atoms with Crippen LogP contribution in [0.4, 0.5) is 0 Å². The molecule has 6 saturated heterocycles. The minimum atomic E-state index is 0.309. The van der Waals surface area contributed by atoms with Gasteiger partial charge in [0.2, 0.25) is 0 Å². The first-order chi connectivity index (χ1) is 43.5. The summed E-state index contributed by atoms with van der Waals surface area (Å²) in [6.45, 7) is 117. The Hall–Kier alpha value is -0.320. The highest BCUT2D eigenvalue weighted by Crippen LogP contribution is 2.46. The fourth-order valence-corrected chi connectivity index (χ4v) is 16.2. The van der Waals surface area contributed by atoms with Gasteiger partial charge in [-0.2, -0.15) is 0 Å². The van der Waals surface area contributed by atoms with Crippen LogP contribution in [0.2, 0.25) is 0 Å². The van der Waals surface area contributed by atoms with Crippen molar-refractivity contribution in [2.45, 2.75) is 419 Å². The fraction of sp³-hybridized carbons (Fsp3) is 1.00. The van der Waals surface area contributed by atoms with Gasteiger partial charge in [-0.25, -0.2) is 0 Å². The Balaban J connectivity index is 0.000000572. The van der Waals surface area contributed by atoms with Crippen LogP contribution in [-0.4, -0.2) is 182 Å². The van der Waals surface area contributed by atoms with Crippen molar-refractivity contribution in [2.24, 2.45) is 68.0 Å². The fourth-order valence-electron chi connectivity index (χ4n) is 16.2. The van der Waals surface area contributed by atoms with Crippen LogP contribution in [0.15, 0.2) is 0 Å². The molecule has 7 fully saturated rings. The van der Waals surface area contributed by atoms with Gasteiger partial charge in [0.15, 0.2) is 0 Å². The predicted molar refractivity (Wildman–Crippen MR) is 443 cm³/mol. The number of rotatable bonds is 0. The van der Waals surface area contributed by atoms with Gasteiger partial charge in [-0.1, -0.05) is 125 Å². The van der Waals surface area contributed by atoms with Crippen LogP contribution in [0.25, 0.3) is 0 Å². The summed E-state index contributed by atoms with van der Waals surface area (Å²) in [6, 6.07) is 0. The van der Waals surface area contributed by atoms with Crippen molar-refractivity contribution in [2.75, 3.05) is 98.3 Å². The molecule has 6 aliphatic heterocycles. The Morgan fingerprint density at radius 1 is 0.153 bits per heavy atom. The molecule has 0 aromatic carbocycles. The van der Waals surface area contributed by atoms with Gasteiger partial charge >= 0.3 is 0 Å². The minimum Gasteiger partial charge on any atom is -0.298 e. The van der Waals surface area contributed by atoms with Gasteiger partial charge in [0.1, 0.15) is 0 Å². The average molecular weight is 1380 g/mol. The van der Waals surface area contributed by atoms with Gasteiger partial charge in [-0.15, -0.1) is 0 Å². The van der Waals surface area contributed by atoms with Crippen LogP contribution >= 0.6 is 0 Å². The second kappa shape index (κ2) is 37.5. The Bertz CT molecular complexity index is 1680. The van der Waals surface area contributed by atoms with E-state index in [0.29, 0.717) is 76.8 Å². The van der Waals surface area contributed by atoms with Crippen molar-refractivity contribution >= 4 is 0 Å². The second-order valence-electron chi connectivity index (χ2n) is 47.2. The van der Waals surface area contributed by atoms with Crippen molar-refractivity contribution in [3.63, 3.8) is 0 Å². The van der Waals surface area contributed by atoms with E-state index in [4.69, 9.17) is 0 Å². The van der Waals surface area contributed by atoms with Gasteiger partial charge in [0, 0.05) is 96.7 Å². The van der Waals surface area contributed by atoms with Crippen molar-refractivity contribution in [3.05, 3.63) is 0 Å². The van der Waals surface area contributed by atoms with Crippen molar-refractivity contribution in [1.29, 1.82) is 0 Å². The monoisotopic (exact) mass is 1380 g/mol. The topological polar surface area (TPSA) is 25.9 Å². The minimum absolute atomic E-state index is 0.309. The highest BCUT2D eigenvalue weighted by molar-refractivity contribution is 4.93. The van der Waals surface area contributed by atoms with Crippen LogP contribution in [0.3, 0.4) is 0 Å². The van der Waals surface area contributed by atoms with Gasteiger partial charge in [0.05, 0.1) is 6.67 Å². The van der Waals surface area contributed by atoms with Crippen LogP contribution < -0.4 is 0 Å². The van der Waals surface area contributed by atoms with E-state index in [1.165, 1.54) is 175 Å². The standard InChI is InChI=1S/C14H28.4C13H27N.2C12H26N2/c1-13(2,3)11-7-9-12(10-8-11)14(4,5)6;2*1-12(2,3)11-7-9-14(10-8-11)13(4,5)6;2*1-12(2,3)11-8-7-9-14(10-11)13(4,5)6;1-11(2,3)13-7-9-14(10-8-13)12(4,5)6;1-11(2,3)13-8-7-9-14(10-13)12(4,5)6/h11-12H,7-10H2,1-6H3;4*11H,7-10H2,1-6H3;2*7-10H2,1-6H3. The van der Waals surface area contributed by atoms with E-state index in [2.05, 4.69) is 330 Å². The third-order valence-electron chi connectivity index (χ3n) is 25.0. The molecule has 0 bridgehead atoms. The van der Waals surface area contributed by atoms with Crippen LogP contribution in [-0.2, 0) is 0 Å². The molecule has 98 heavy (non-hydrogen) atoms. The maximum Gasteiger partial charge on any atom is 0.0515 e. The Kier molecular flexibility index (Phi) is 36.6. The molecular weight excluding hydrogens is 1190 g/mol. The summed E-state index contributed by atoms with van der Waals surface area (Å²) in [7, 11) is 0. The first-order valence-corrected chi connectivity index (χ1v) is 41.5. The Morgan fingerprint density at radius 3 is 0.510 bits per heavy atom. The molecule has 6 heterocycles. The summed E-state index contributed by atoms with van der Waals surface area (Å²) in [5.74, 6) is 5.50. The normalized spacial score (nSPS) is 24.9. The quantitative estimate of drug-likeness (QED) is 0.237. The molecule has 2 atom stereocenters. The summed E-state index contributed by atoms with van der Waals surface area (Å²) >= 11 is 0. The van der Waals surface area contributed by atoms with E-state index >= 15 is 0 Å². The molecule has 7 aliphatic rings. The Labute approximate surface area is 620 Å². The van der Waals surface area contributed by atoms with Crippen LogP contribution in [0, 0.1) is 68.0 Å². The zero-order valence-electron chi connectivity index (χ0n) is 75.8. The average Bonchev–Trinajstić information content (AvgIpc) is 0.875. The highest BCUT2D eigenvalue weighted by atomic mass is 15.4. The molecule has 0 spiro atoms. The van der Waals surface area contributed by atoms with Gasteiger partial charge in [0.25, 0.3) is 0 Å². The lowest BCUT2D eigenvalue weighted by atomic mass is 9.64. The molecule has 0 radical (unpaired) electrons. The summed E-state index contributed by atoms with van der Waals surface area (Å²) in [4.78, 5) is 20.8. The van der Waals surface area contributed by atoms with E-state index in [1.54, 1.807) is 0 Å². The van der Waals surface area contributed by atoms with Crippen molar-refractivity contribution < 1.29 is 0 Å².